The zero-order valence-electron chi connectivity index (χ0n) is 11.0. The summed E-state index contributed by atoms with van der Waals surface area (Å²) >= 11 is 0. The summed E-state index contributed by atoms with van der Waals surface area (Å²) in [6.07, 6.45) is -0.341. The minimum atomic E-state index is -0.341. The average molecular weight is 210 g/mol. The van der Waals surface area contributed by atoms with Gasteiger partial charge < -0.3 is 5.11 Å². The third kappa shape index (κ3) is 13.2. The van der Waals surface area contributed by atoms with Gasteiger partial charge in [0.1, 0.15) is 0 Å². The molecular formula is C14H26O. The number of benzene rings is 1. The Labute approximate surface area is 95.2 Å². The van der Waals surface area contributed by atoms with Gasteiger partial charge in [-0.2, -0.15) is 0 Å². The minimum absolute atomic E-state index is 0.341. The molecule has 1 N–H and O–H groups in total. The number of aliphatic hydroxyl groups is 1. The molecule has 1 aromatic carbocycles. The van der Waals surface area contributed by atoms with Crippen LogP contribution < -0.4 is 0 Å². The fourth-order valence-corrected chi connectivity index (χ4v) is 0.732. The normalized spacial score (nSPS) is 10.7. The fourth-order valence-electron chi connectivity index (χ4n) is 0.732. The largest absolute Gasteiger partial charge is 0.389 e. The van der Waals surface area contributed by atoms with Crippen LogP contribution in [0.5, 0.6) is 0 Å². The van der Waals surface area contributed by atoms with Gasteiger partial charge in [-0.3, -0.25) is 0 Å². The van der Waals surface area contributed by atoms with Gasteiger partial charge in [0.05, 0.1) is 6.10 Å². The van der Waals surface area contributed by atoms with Crippen LogP contribution in [0.25, 0.3) is 0 Å². The van der Waals surface area contributed by atoms with Gasteiger partial charge in [-0.1, -0.05) is 65.0 Å². The lowest BCUT2D eigenvalue weighted by Gasteiger charge is -2.00. The van der Waals surface area contributed by atoms with Gasteiger partial charge in [0.2, 0.25) is 0 Å². The van der Waals surface area contributed by atoms with Crippen LogP contribution in [0.3, 0.4) is 0 Å². The number of hydrogen-bond donors (Lipinski definition) is 1. The van der Waals surface area contributed by atoms with Crippen LogP contribution in [-0.2, 0) is 0 Å². The highest BCUT2D eigenvalue weighted by atomic mass is 16.3. The second-order valence-electron chi connectivity index (χ2n) is 3.82. The molecular weight excluding hydrogens is 184 g/mol. The minimum Gasteiger partial charge on any atom is -0.389 e. The number of rotatable bonds is 1. The molecule has 15 heavy (non-hydrogen) atoms. The Morgan fingerprint density at radius 3 is 1.40 bits per heavy atom. The fraction of sp³-hybridized carbons (Fsp3) is 0.571. The van der Waals surface area contributed by atoms with Gasteiger partial charge in [-0.05, 0) is 18.4 Å². The van der Waals surface area contributed by atoms with Crippen LogP contribution in [0, 0.1) is 5.92 Å². The van der Waals surface area contributed by atoms with Crippen LogP contribution >= 0.6 is 0 Å². The number of aliphatic hydroxyl groups excluding tert-OH is 1. The van der Waals surface area contributed by atoms with Crippen molar-refractivity contribution in [3.8, 4) is 0 Å². The van der Waals surface area contributed by atoms with Gasteiger partial charge in [0.15, 0.2) is 0 Å². The zero-order chi connectivity index (χ0) is 12.3. The molecule has 0 aliphatic heterocycles. The van der Waals surface area contributed by atoms with Crippen LogP contribution in [0.1, 0.15) is 53.2 Å². The molecule has 0 aromatic heterocycles. The molecule has 1 nitrogen and oxygen atoms in total. The summed E-state index contributed by atoms with van der Waals surface area (Å²) in [6.45, 7) is 12.3. The Hall–Kier alpha value is -0.820. The Bertz CT molecular complexity index is 199. The molecule has 88 valence electrons. The third-order valence-corrected chi connectivity index (χ3v) is 1.28. The first-order chi connectivity index (χ1) is 7.04. The van der Waals surface area contributed by atoms with Crippen molar-refractivity contribution in [1.82, 2.24) is 0 Å². The Morgan fingerprint density at radius 1 is 0.867 bits per heavy atom. The molecule has 1 aromatic rings. The van der Waals surface area contributed by atoms with Crippen molar-refractivity contribution >= 4 is 0 Å². The van der Waals surface area contributed by atoms with E-state index in [1.54, 1.807) is 6.92 Å². The van der Waals surface area contributed by atoms with E-state index in [9.17, 15) is 0 Å². The highest BCUT2D eigenvalue weighted by Gasteiger charge is 1.95. The van der Waals surface area contributed by atoms with Gasteiger partial charge >= 0.3 is 0 Å². The van der Waals surface area contributed by atoms with Crippen LogP contribution in [0.2, 0.25) is 0 Å². The summed E-state index contributed by atoms with van der Waals surface area (Å²) in [7, 11) is 0. The molecule has 0 saturated carbocycles. The van der Waals surface area contributed by atoms with E-state index in [-0.39, 0.29) is 6.10 Å². The molecule has 0 saturated heterocycles. The molecule has 0 fully saturated rings. The van der Waals surface area contributed by atoms with Gasteiger partial charge in [0, 0.05) is 0 Å². The summed E-state index contributed by atoms with van der Waals surface area (Å²) in [5.41, 5.74) is 0.970. The van der Waals surface area contributed by atoms with Crippen molar-refractivity contribution in [2.45, 2.75) is 47.6 Å². The summed E-state index contributed by atoms with van der Waals surface area (Å²) in [4.78, 5) is 0. The molecule has 0 bridgehead atoms. The predicted molar refractivity (Wildman–Crippen MR) is 68.9 cm³/mol. The Kier molecular flexibility index (Phi) is 12.5. The SMILES string of the molecule is CC.CC(C)C.CC(O)c1ccccc1. The topological polar surface area (TPSA) is 20.2 Å². The van der Waals surface area contributed by atoms with Crippen LogP contribution in [-0.4, -0.2) is 5.11 Å². The first kappa shape index (κ1) is 16.6. The van der Waals surface area contributed by atoms with E-state index in [1.165, 1.54) is 0 Å². The van der Waals surface area contributed by atoms with E-state index < -0.39 is 0 Å². The quantitative estimate of drug-likeness (QED) is 0.727. The summed E-state index contributed by atoms with van der Waals surface area (Å²) in [5, 5.41) is 9.02. The monoisotopic (exact) mass is 210 g/mol. The molecule has 0 aliphatic carbocycles. The maximum absolute atomic E-state index is 9.02. The Balaban J connectivity index is 0. The highest BCUT2D eigenvalue weighted by molar-refractivity contribution is 5.16. The van der Waals surface area contributed by atoms with Gasteiger partial charge in [0.25, 0.3) is 0 Å². The van der Waals surface area contributed by atoms with Crippen molar-refractivity contribution < 1.29 is 5.11 Å². The lowest BCUT2D eigenvalue weighted by atomic mass is 10.1. The van der Waals surface area contributed by atoms with Crippen molar-refractivity contribution in [3.05, 3.63) is 35.9 Å². The zero-order valence-corrected chi connectivity index (χ0v) is 11.0. The van der Waals surface area contributed by atoms with E-state index >= 15 is 0 Å². The van der Waals surface area contributed by atoms with Gasteiger partial charge in [-0.25, -0.2) is 0 Å². The second-order valence-corrected chi connectivity index (χ2v) is 3.82. The average Bonchev–Trinajstić information content (AvgIpc) is 2.21. The maximum Gasteiger partial charge on any atom is 0.0761 e. The maximum atomic E-state index is 9.02. The lowest BCUT2D eigenvalue weighted by Crippen LogP contribution is -1.87. The molecule has 0 amide bonds. The summed E-state index contributed by atoms with van der Waals surface area (Å²) in [5.74, 6) is 0.833. The van der Waals surface area contributed by atoms with E-state index in [2.05, 4.69) is 20.8 Å². The smallest absolute Gasteiger partial charge is 0.0761 e. The van der Waals surface area contributed by atoms with Crippen molar-refractivity contribution in [1.29, 1.82) is 0 Å². The molecule has 0 heterocycles. The van der Waals surface area contributed by atoms with E-state index in [4.69, 9.17) is 5.11 Å². The standard InChI is InChI=1S/C8H10O.C4H10.C2H6/c1-7(9)8-5-3-2-4-6-8;1-4(2)3;1-2/h2-7,9H,1H3;4H,1-3H3;1-2H3. The van der Waals surface area contributed by atoms with E-state index in [0.717, 1.165) is 11.5 Å². The van der Waals surface area contributed by atoms with Crippen molar-refractivity contribution in [2.75, 3.05) is 0 Å². The van der Waals surface area contributed by atoms with Crippen LogP contribution in [0.4, 0.5) is 0 Å². The van der Waals surface area contributed by atoms with Crippen LogP contribution in [0.15, 0.2) is 30.3 Å². The molecule has 1 unspecified atom stereocenters. The molecule has 1 heteroatoms. The summed E-state index contributed by atoms with van der Waals surface area (Å²) in [6, 6.07) is 9.59. The molecule has 0 aliphatic rings. The second kappa shape index (κ2) is 11.3. The molecule has 0 spiro atoms. The molecule has 1 atom stereocenters. The number of hydrogen-bond acceptors (Lipinski definition) is 1. The van der Waals surface area contributed by atoms with E-state index in [1.807, 2.05) is 44.2 Å². The lowest BCUT2D eigenvalue weighted by molar-refractivity contribution is 0.199. The van der Waals surface area contributed by atoms with Crippen molar-refractivity contribution in [2.24, 2.45) is 5.92 Å². The first-order valence-corrected chi connectivity index (χ1v) is 5.77. The third-order valence-electron chi connectivity index (χ3n) is 1.28. The summed E-state index contributed by atoms with van der Waals surface area (Å²) < 4.78 is 0. The first-order valence-electron chi connectivity index (χ1n) is 5.77. The highest BCUT2D eigenvalue weighted by Crippen LogP contribution is 2.09. The van der Waals surface area contributed by atoms with Crippen molar-refractivity contribution in [3.63, 3.8) is 0 Å². The van der Waals surface area contributed by atoms with E-state index in [0.29, 0.717) is 0 Å². The Morgan fingerprint density at radius 2 is 1.20 bits per heavy atom. The predicted octanol–water partition coefficient (Wildman–Crippen LogP) is 4.43. The molecule has 0 radical (unpaired) electrons. The molecule has 1 rings (SSSR count). The van der Waals surface area contributed by atoms with Gasteiger partial charge in [-0.15, -0.1) is 0 Å².